The fourth-order valence-corrected chi connectivity index (χ4v) is 2.89. The molecule has 6 nitrogen and oxygen atoms in total. The Labute approximate surface area is 157 Å². The van der Waals surface area contributed by atoms with E-state index in [0.29, 0.717) is 11.4 Å². The van der Waals surface area contributed by atoms with Crippen LogP contribution in [0.3, 0.4) is 0 Å². The number of para-hydroxylation sites is 1. The third kappa shape index (κ3) is 3.32. The smallest absolute Gasteiger partial charge is 0.180 e. The molecule has 1 aromatic carbocycles. The van der Waals surface area contributed by atoms with Crippen LogP contribution in [0.15, 0.2) is 48.8 Å². The first kappa shape index (κ1) is 17.0. The van der Waals surface area contributed by atoms with Gasteiger partial charge in [-0.05, 0) is 29.7 Å². The van der Waals surface area contributed by atoms with Crippen LogP contribution in [0.1, 0.15) is 26.3 Å². The van der Waals surface area contributed by atoms with E-state index in [2.05, 4.69) is 37.1 Å². The highest BCUT2D eigenvalue weighted by Crippen LogP contribution is 2.26. The Bertz CT molecular complexity index is 1180. The summed E-state index contributed by atoms with van der Waals surface area (Å²) in [4.78, 5) is 13.9. The van der Waals surface area contributed by atoms with Gasteiger partial charge >= 0.3 is 0 Å². The zero-order valence-corrected chi connectivity index (χ0v) is 15.6. The van der Waals surface area contributed by atoms with Crippen molar-refractivity contribution >= 4 is 22.4 Å². The molecule has 0 unspecified atom stereocenters. The molecule has 0 saturated carbocycles. The molecule has 27 heavy (non-hydrogen) atoms. The fraction of sp³-hybridized carbons (Fsp3) is 0.238. The van der Waals surface area contributed by atoms with Gasteiger partial charge in [0, 0.05) is 18.1 Å². The molecule has 0 fully saturated rings. The molecule has 6 heteroatoms. The summed E-state index contributed by atoms with van der Waals surface area (Å²) in [5, 5.41) is 13.7. The zero-order valence-electron chi connectivity index (χ0n) is 15.6. The van der Waals surface area contributed by atoms with Crippen LogP contribution in [0.5, 0.6) is 0 Å². The molecule has 1 N–H and O–H groups in total. The highest BCUT2D eigenvalue weighted by Gasteiger charge is 2.15. The van der Waals surface area contributed by atoms with Crippen LogP contribution in [0.2, 0.25) is 0 Å². The minimum Gasteiger partial charge on any atom is -0.369 e. The average Bonchev–Trinajstić information content (AvgIpc) is 3.08. The van der Waals surface area contributed by atoms with Crippen molar-refractivity contribution in [2.45, 2.75) is 20.8 Å². The van der Waals surface area contributed by atoms with E-state index in [1.807, 2.05) is 34.7 Å². The topological polar surface area (TPSA) is 78.9 Å². The van der Waals surface area contributed by atoms with Crippen LogP contribution in [-0.2, 0) is 0 Å². The predicted molar refractivity (Wildman–Crippen MR) is 106 cm³/mol. The molecule has 0 aliphatic carbocycles. The second kappa shape index (κ2) is 6.36. The van der Waals surface area contributed by atoms with Gasteiger partial charge in [-0.2, -0.15) is 5.26 Å². The van der Waals surface area contributed by atoms with E-state index in [1.165, 1.54) is 0 Å². The summed E-state index contributed by atoms with van der Waals surface area (Å²) in [6, 6.07) is 13.7. The number of imidazole rings is 1. The highest BCUT2D eigenvalue weighted by molar-refractivity contribution is 5.90. The first-order chi connectivity index (χ1) is 12.9. The summed E-state index contributed by atoms with van der Waals surface area (Å²) in [6.45, 7) is 7.33. The highest BCUT2D eigenvalue weighted by atomic mass is 15.1. The molecule has 0 aliphatic rings. The Hall–Kier alpha value is -3.46. The van der Waals surface area contributed by atoms with Gasteiger partial charge in [0.2, 0.25) is 0 Å². The van der Waals surface area contributed by atoms with Crippen LogP contribution >= 0.6 is 0 Å². The van der Waals surface area contributed by atoms with E-state index in [1.54, 1.807) is 18.5 Å². The molecule has 134 valence electrons. The SMILES string of the molecule is CC(C)(C)CNc1nc(-c2cnc3ccc(C#N)cn23)nc2ccccc12. The van der Waals surface area contributed by atoms with Gasteiger partial charge in [0.05, 0.1) is 17.3 Å². The van der Waals surface area contributed by atoms with Gasteiger partial charge in [0.15, 0.2) is 5.82 Å². The summed E-state index contributed by atoms with van der Waals surface area (Å²) in [6.07, 6.45) is 3.51. The third-order valence-electron chi connectivity index (χ3n) is 4.25. The van der Waals surface area contributed by atoms with Gasteiger partial charge in [-0.15, -0.1) is 0 Å². The Balaban J connectivity index is 1.89. The molecule has 0 spiro atoms. The van der Waals surface area contributed by atoms with Crippen molar-refractivity contribution in [2.24, 2.45) is 5.41 Å². The molecule has 0 atom stereocenters. The van der Waals surface area contributed by atoms with Crippen LogP contribution < -0.4 is 5.32 Å². The average molecular weight is 356 g/mol. The standard InChI is InChI=1S/C21H20N6/c1-21(2,3)13-24-19-15-6-4-5-7-16(15)25-20(26-19)17-11-23-18-9-8-14(10-22)12-27(17)18/h4-9,11-12H,13H2,1-3H3,(H,24,25,26). The van der Waals surface area contributed by atoms with Gasteiger partial charge in [-0.1, -0.05) is 32.9 Å². The lowest BCUT2D eigenvalue weighted by Crippen LogP contribution is -2.20. The van der Waals surface area contributed by atoms with Crippen LogP contribution in [0.4, 0.5) is 5.82 Å². The van der Waals surface area contributed by atoms with Crippen molar-refractivity contribution in [1.82, 2.24) is 19.4 Å². The number of nitrogens with zero attached hydrogens (tertiary/aromatic N) is 5. The Kier molecular flexibility index (Phi) is 4.00. The maximum Gasteiger partial charge on any atom is 0.180 e. The Morgan fingerprint density at radius 2 is 1.93 bits per heavy atom. The van der Waals surface area contributed by atoms with E-state index >= 15 is 0 Å². The number of benzene rings is 1. The van der Waals surface area contributed by atoms with E-state index in [4.69, 9.17) is 9.97 Å². The van der Waals surface area contributed by atoms with Gasteiger partial charge < -0.3 is 5.32 Å². The van der Waals surface area contributed by atoms with E-state index in [9.17, 15) is 5.26 Å². The van der Waals surface area contributed by atoms with Crippen molar-refractivity contribution in [2.75, 3.05) is 11.9 Å². The molecule has 0 radical (unpaired) electrons. The molecule has 4 rings (SSSR count). The molecular weight excluding hydrogens is 336 g/mol. The maximum absolute atomic E-state index is 9.20. The second-order valence-corrected chi connectivity index (χ2v) is 7.73. The van der Waals surface area contributed by atoms with E-state index < -0.39 is 0 Å². The number of anilines is 1. The Morgan fingerprint density at radius 1 is 1.11 bits per heavy atom. The van der Waals surface area contributed by atoms with E-state index in [0.717, 1.165) is 34.6 Å². The lowest BCUT2D eigenvalue weighted by atomic mass is 9.97. The minimum absolute atomic E-state index is 0.122. The fourth-order valence-electron chi connectivity index (χ4n) is 2.89. The largest absolute Gasteiger partial charge is 0.369 e. The minimum atomic E-state index is 0.122. The molecule has 3 aromatic heterocycles. The number of fused-ring (bicyclic) bond motifs is 2. The van der Waals surface area contributed by atoms with Crippen LogP contribution in [0, 0.1) is 16.7 Å². The van der Waals surface area contributed by atoms with Crippen LogP contribution in [-0.4, -0.2) is 25.9 Å². The third-order valence-corrected chi connectivity index (χ3v) is 4.25. The molecule has 0 saturated heterocycles. The quantitative estimate of drug-likeness (QED) is 0.593. The number of nitriles is 1. The van der Waals surface area contributed by atoms with Gasteiger partial charge in [0.25, 0.3) is 0 Å². The molecule has 0 amide bonds. The van der Waals surface area contributed by atoms with Gasteiger partial charge in [-0.3, -0.25) is 4.40 Å². The zero-order chi connectivity index (χ0) is 19.0. The van der Waals surface area contributed by atoms with Gasteiger partial charge in [-0.25, -0.2) is 15.0 Å². The van der Waals surface area contributed by atoms with Crippen molar-refractivity contribution in [3.05, 3.63) is 54.4 Å². The van der Waals surface area contributed by atoms with Crippen molar-refractivity contribution in [3.63, 3.8) is 0 Å². The summed E-state index contributed by atoms with van der Waals surface area (Å²) < 4.78 is 1.86. The first-order valence-corrected chi connectivity index (χ1v) is 8.83. The number of pyridine rings is 1. The second-order valence-electron chi connectivity index (χ2n) is 7.73. The monoisotopic (exact) mass is 356 g/mol. The molecule has 0 bridgehead atoms. The molecule has 0 aliphatic heterocycles. The van der Waals surface area contributed by atoms with Crippen molar-refractivity contribution in [3.8, 4) is 17.6 Å². The summed E-state index contributed by atoms with van der Waals surface area (Å²) in [5.41, 5.74) is 3.06. The summed E-state index contributed by atoms with van der Waals surface area (Å²) in [7, 11) is 0. The Morgan fingerprint density at radius 3 is 2.70 bits per heavy atom. The lowest BCUT2D eigenvalue weighted by molar-refractivity contribution is 0.442. The maximum atomic E-state index is 9.20. The van der Waals surface area contributed by atoms with E-state index in [-0.39, 0.29) is 5.41 Å². The summed E-state index contributed by atoms with van der Waals surface area (Å²) >= 11 is 0. The van der Waals surface area contributed by atoms with Crippen LogP contribution in [0.25, 0.3) is 28.1 Å². The van der Waals surface area contributed by atoms with Crippen molar-refractivity contribution < 1.29 is 0 Å². The van der Waals surface area contributed by atoms with Crippen molar-refractivity contribution in [1.29, 1.82) is 5.26 Å². The lowest BCUT2D eigenvalue weighted by Gasteiger charge is -2.20. The number of hydrogen-bond acceptors (Lipinski definition) is 5. The normalized spacial score (nSPS) is 11.6. The number of hydrogen-bond donors (Lipinski definition) is 1. The number of nitrogens with one attached hydrogen (secondary N) is 1. The predicted octanol–water partition coefficient (Wildman–Crippen LogP) is 4.27. The number of rotatable bonds is 3. The number of aromatic nitrogens is 4. The molecule has 4 aromatic rings. The molecule has 3 heterocycles. The first-order valence-electron chi connectivity index (χ1n) is 8.83. The van der Waals surface area contributed by atoms with Gasteiger partial charge in [0.1, 0.15) is 23.2 Å². The molecular formula is C21H20N6. The summed E-state index contributed by atoms with van der Waals surface area (Å²) in [5.74, 6) is 1.38.